The van der Waals surface area contributed by atoms with Crippen molar-refractivity contribution in [3.8, 4) is 0 Å². The molecule has 9 N–H and O–H groups in total. The highest BCUT2D eigenvalue weighted by atomic mass is 79.9. The average molecular weight is 799 g/mol. The number of halogens is 1. The zero-order valence-corrected chi connectivity index (χ0v) is 31.4. The molecule has 0 aliphatic heterocycles. The molecule has 0 aliphatic carbocycles. The molecule has 1 aromatic rings. The normalized spacial score (nSPS) is 14.5. The number of primary amides is 1. The van der Waals surface area contributed by atoms with E-state index in [1.165, 1.54) is 20.9 Å². The second-order valence-electron chi connectivity index (χ2n) is 12.7. The minimum absolute atomic E-state index is 0.0105. The Bertz CT molecular complexity index is 1390. The molecule has 0 radical (unpaired) electrons. The van der Waals surface area contributed by atoms with Crippen LogP contribution in [0.1, 0.15) is 75.6 Å². The highest BCUT2D eigenvalue weighted by Crippen LogP contribution is 2.18. The molecule has 0 heterocycles. The van der Waals surface area contributed by atoms with Gasteiger partial charge in [-0.15, -0.1) is 0 Å². The molecule has 290 valence electrons. The van der Waals surface area contributed by atoms with Gasteiger partial charge in [0.15, 0.2) is 17.3 Å². The quantitative estimate of drug-likeness (QED) is 0.0523. The number of likely N-dealkylation sites (N-methyl/N-ethyl adjacent to an activating group) is 1. The van der Waals surface area contributed by atoms with Crippen molar-refractivity contribution in [3.05, 3.63) is 34.3 Å². The van der Waals surface area contributed by atoms with Gasteiger partial charge in [-0.2, -0.15) is 0 Å². The van der Waals surface area contributed by atoms with Crippen molar-refractivity contribution in [2.24, 2.45) is 23.5 Å². The summed E-state index contributed by atoms with van der Waals surface area (Å²) >= 11 is 3.31. The molecular formula is C35H52BrN5O11. The van der Waals surface area contributed by atoms with Gasteiger partial charge in [0.25, 0.3) is 5.91 Å². The van der Waals surface area contributed by atoms with Crippen molar-refractivity contribution in [2.75, 3.05) is 33.4 Å². The van der Waals surface area contributed by atoms with E-state index >= 15 is 0 Å². The van der Waals surface area contributed by atoms with Gasteiger partial charge in [-0.05, 0) is 57.5 Å². The number of Topliss-reactive ketones (excluding diaryl/α,β-unsaturated/α-hetero) is 4. The van der Waals surface area contributed by atoms with E-state index in [-0.39, 0.29) is 50.3 Å². The van der Waals surface area contributed by atoms with Gasteiger partial charge in [0.2, 0.25) is 17.7 Å². The van der Waals surface area contributed by atoms with Crippen LogP contribution in [0.25, 0.3) is 0 Å². The van der Waals surface area contributed by atoms with Crippen LogP contribution in [-0.2, 0) is 33.6 Å². The number of aliphatic hydroxyl groups excluding tert-OH is 3. The summed E-state index contributed by atoms with van der Waals surface area (Å²) in [5.41, 5.74) is 5.61. The SMILES string of the molecule is CN[C@@H](CO)C(=O)C[C@@H](C)C(=O)N[C@@H](CO)C(=O)C[C@@H](CCCCNC(=O)c1ccc(Br)cc1)C(=O)N[C@@H](CO)C(=O)C[C@@H](CCC(N)=O)C(C)=O. The summed E-state index contributed by atoms with van der Waals surface area (Å²) in [4.78, 5) is 101. The third-order valence-corrected chi connectivity index (χ3v) is 9.13. The molecule has 6 atom stereocenters. The first-order valence-electron chi connectivity index (χ1n) is 17.1. The minimum atomic E-state index is -1.43. The van der Waals surface area contributed by atoms with Crippen molar-refractivity contribution in [1.82, 2.24) is 21.3 Å². The van der Waals surface area contributed by atoms with E-state index in [0.29, 0.717) is 18.4 Å². The Morgan fingerprint density at radius 3 is 1.75 bits per heavy atom. The number of carbonyl (C=O) groups excluding carboxylic acids is 8. The maximum Gasteiger partial charge on any atom is 0.251 e. The first kappa shape index (κ1) is 46.1. The summed E-state index contributed by atoms with van der Waals surface area (Å²) < 4.78 is 0.808. The molecule has 16 nitrogen and oxygen atoms in total. The van der Waals surface area contributed by atoms with Crippen LogP contribution < -0.4 is 27.0 Å². The first-order chi connectivity index (χ1) is 24.6. The summed E-state index contributed by atoms with van der Waals surface area (Å²) in [6, 6.07) is 2.99. The summed E-state index contributed by atoms with van der Waals surface area (Å²) in [6.07, 6.45) is -0.431. The van der Waals surface area contributed by atoms with E-state index in [1.807, 2.05) is 0 Å². The highest BCUT2D eigenvalue weighted by molar-refractivity contribution is 9.10. The summed E-state index contributed by atoms with van der Waals surface area (Å²) in [6.45, 7) is 0.828. The zero-order chi connectivity index (χ0) is 39.4. The largest absolute Gasteiger partial charge is 0.394 e. The van der Waals surface area contributed by atoms with Crippen LogP contribution in [0, 0.1) is 17.8 Å². The van der Waals surface area contributed by atoms with Crippen molar-refractivity contribution in [1.29, 1.82) is 0 Å². The lowest BCUT2D eigenvalue weighted by atomic mass is 9.90. The fraction of sp³-hybridized carbons (Fsp3) is 0.600. The molecule has 0 saturated heterocycles. The fourth-order valence-corrected chi connectivity index (χ4v) is 5.50. The molecular weight excluding hydrogens is 746 g/mol. The number of rotatable bonds is 27. The van der Waals surface area contributed by atoms with Gasteiger partial charge in [0.1, 0.15) is 17.9 Å². The van der Waals surface area contributed by atoms with E-state index in [9.17, 15) is 53.7 Å². The number of carbonyl (C=O) groups is 8. The number of ketones is 4. The van der Waals surface area contributed by atoms with Gasteiger partial charge in [-0.1, -0.05) is 29.3 Å². The molecule has 0 fully saturated rings. The third-order valence-electron chi connectivity index (χ3n) is 8.60. The first-order valence-corrected chi connectivity index (χ1v) is 17.9. The Morgan fingerprint density at radius 2 is 1.25 bits per heavy atom. The van der Waals surface area contributed by atoms with Crippen LogP contribution in [0.5, 0.6) is 0 Å². The molecule has 1 aromatic carbocycles. The topological polar surface area (TPSA) is 271 Å². The lowest BCUT2D eigenvalue weighted by Crippen LogP contribution is -2.49. The van der Waals surface area contributed by atoms with E-state index < -0.39 is 97.2 Å². The van der Waals surface area contributed by atoms with Gasteiger partial charge in [-0.3, -0.25) is 38.4 Å². The van der Waals surface area contributed by atoms with Gasteiger partial charge in [-0.25, -0.2) is 0 Å². The Labute approximate surface area is 311 Å². The minimum Gasteiger partial charge on any atom is -0.394 e. The number of amides is 4. The zero-order valence-electron chi connectivity index (χ0n) is 29.8. The molecule has 1 rings (SSSR count). The van der Waals surface area contributed by atoms with Crippen molar-refractivity contribution in [2.45, 2.75) is 83.3 Å². The lowest BCUT2D eigenvalue weighted by Gasteiger charge is -2.24. The molecule has 0 aromatic heterocycles. The molecule has 4 amide bonds. The summed E-state index contributed by atoms with van der Waals surface area (Å²) in [7, 11) is 1.48. The number of hydrogen-bond donors (Lipinski definition) is 8. The van der Waals surface area contributed by atoms with E-state index in [1.54, 1.807) is 24.3 Å². The second-order valence-corrected chi connectivity index (χ2v) is 13.6. The number of nitrogens with one attached hydrogen (secondary N) is 4. The molecule has 52 heavy (non-hydrogen) atoms. The fourth-order valence-electron chi connectivity index (χ4n) is 5.23. The molecule has 0 spiro atoms. The lowest BCUT2D eigenvalue weighted by molar-refractivity contribution is -0.136. The predicted molar refractivity (Wildman–Crippen MR) is 192 cm³/mol. The van der Waals surface area contributed by atoms with Crippen LogP contribution in [0.15, 0.2) is 28.7 Å². The van der Waals surface area contributed by atoms with Gasteiger partial charge < -0.3 is 42.3 Å². The molecule has 0 unspecified atom stereocenters. The maximum atomic E-state index is 13.5. The second kappa shape index (κ2) is 24.4. The van der Waals surface area contributed by atoms with E-state index in [0.717, 1.165) is 4.47 Å². The Morgan fingerprint density at radius 1 is 0.731 bits per heavy atom. The maximum absolute atomic E-state index is 13.5. The Hall–Kier alpha value is -3.90. The van der Waals surface area contributed by atoms with E-state index in [2.05, 4.69) is 37.2 Å². The van der Waals surface area contributed by atoms with Crippen molar-refractivity contribution in [3.63, 3.8) is 0 Å². The van der Waals surface area contributed by atoms with Crippen LogP contribution >= 0.6 is 15.9 Å². The average Bonchev–Trinajstić information content (AvgIpc) is 3.10. The van der Waals surface area contributed by atoms with Crippen molar-refractivity contribution < 1.29 is 53.7 Å². The Balaban J connectivity index is 3.05. The number of nitrogens with two attached hydrogens (primary N) is 1. The molecule has 0 saturated carbocycles. The summed E-state index contributed by atoms with van der Waals surface area (Å²) in [5.74, 6) is -7.52. The number of unbranched alkanes of at least 4 members (excludes halogenated alkanes) is 1. The van der Waals surface area contributed by atoms with Crippen LogP contribution in [0.4, 0.5) is 0 Å². The smallest absolute Gasteiger partial charge is 0.251 e. The van der Waals surface area contributed by atoms with Crippen molar-refractivity contribution >= 4 is 62.7 Å². The molecule has 0 bridgehead atoms. The monoisotopic (exact) mass is 797 g/mol. The van der Waals surface area contributed by atoms with Crippen LogP contribution in [0.2, 0.25) is 0 Å². The van der Waals surface area contributed by atoms with E-state index in [4.69, 9.17) is 5.73 Å². The predicted octanol–water partition coefficient (Wildman–Crippen LogP) is -0.516. The number of hydrogen-bond acceptors (Lipinski definition) is 12. The van der Waals surface area contributed by atoms with Gasteiger partial charge in [0, 0.05) is 60.0 Å². The van der Waals surface area contributed by atoms with Gasteiger partial charge in [0.05, 0.1) is 25.9 Å². The molecule has 0 aliphatic rings. The number of aliphatic hydroxyl groups is 3. The highest BCUT2D eigenvalue weighted by Gasteiger charge is 2.32. The van der Waals surface area contributed by atoms with Crippen LogP contribution in [-0.4, -0.2) is 114 Å². The van der Waals surface area contributed by atoms with Gasteiger partial charge >= 0.3 is 0 Å². The van der Waals surface area contributed by atoms with Crippen LogP contribution in [0.3, 0.4) is 0 Å². The Kier molecular flexibility index (Phi) is 21.6. The third kappa shape index (κ3) is 16.6. The standard InChI is InChI=1S/C35H52BrN5O11/c1-20(14-29(46)26(17-42)38-3)33(50)40-27(18-43)31(48)16-24(6-4-5-13-39-34(51)22-7-10-25(36)11-8-22)35(52)41-28(19-44)30(47)15-23(21(2)45)9-12-32(37)49/h7-8,10-11,20,23-24,26-28,38,42-44H,4-6,9,12-19H2,1-3H3,(H2,37,49)(H,39,51)(H,40,50)(H,41,52)/t20-,23-,24-,26+,27+,28+/m1/s1. The number of benzene rings is 1. The molecule has 17 heteroatoms. The summed E-state index contributed by atoms with van der Waals surface area (Å²) in [5, 5.41) is 39.5.